The van der Waals surface area contributed by atoms with E-state index in [9.17, 15) is 4.79 Å². The van der Waals surface area contributed by atoms with Gasteiger partial charge in [0.1, 0.15) is 5.76 Å². The van der Waals surface area contributed by atoms with Crippen LogP contribution in [0, 0.1) is 13.8 Å². The lowest BCUT2D eigenvalue weighted by Crippen LogP contribution is -1.86. The van der Waals surface area contributed by atoms with E-state index in [1.54, 1.807) is 6.07 Å². The SMILES string of the molecule is Cc1cc(Br)cc(-c2ccc(C=O)o2)c1C. The van der Waals surface area contributed by atoms with Crippen LogP contribution >= 0.6 is 15.9 Å². The Labute approximate surface area is 102 Å². The molecule has 0 atom stereocenters. The quantitative estimate of drug-likeness (QED) is 0.773. The summed E-state index contributed by atoms with van der Waals surface area (Å²) in [6.45, 7) is 4.09. The largest absolute Gasteiger partial charge is 0.453 e. The first kappa shape index (κ1) is 11.1. The van der Waals surface area contributed by atoms with Gasteiger partial charge in [-0.2, -0.15) is 0 Å². The summed E-state index contributed by atoms with van der Waals surface area (Å²) >= 11 is 3.46. The monoisotopic (exact) mass is 278 g/mol. The Morgan fingerprint density at radius 3 is 2.62 bits per heavy atom. The number of hydrogen-bond donors (Lipinski definition) is 0. The van der Waals surface area contributed by atoms with Gasteiger partial charge in [-0.1, -0.05) is 15.9 Å². The normalized spacial score (nSPS) is 10.4. The van der Waals surface area contributed by atoms with E-state index in [0.29, 0.717) is 12.0 Å². The fourth-order valence-corrected chi connectivity index (χ4v) is 2.20. The van der Waals surface area contributed by atoms with Crippen molar-refractivity contribution >= 4 is 22.2 Å². The molecule has 0 aliphatic carbocycles. The summed E-state index contributed by atoms with van der Waals surface area (Å²) in [7, 11) is 0. The van der Waals surface area contributed by atoms with Crippen LogP contribution in [0.5, 0.6) is 0 Å². The van der Waals surface area contributed by atoms with E-state index >= 15 is 0 Å². The third kappa shape index (κ3) is 1.95. The molecule has 1 aromatic heterocycles. The molecule has 0 aliphatic heterocycles. The summed E-state index contributed by atoms with van der Waals surface area (Å²) in [5.74, 6) is 1.08. The highest BCUT2D eigenvalue weighted by Crippen LogP contribution is 2.30. The lowest BCUT2D eigenvalue weighted by Gasteiger charge is -2.07. The van der Waals surface area contributed by atoms with Crippen LogP contribution in [-0.4, -0.2) is 6.29 Å². The Bertz CT molecular complexity index is 541. The number of furan rings is 1. The molecular weight excluding hydrogens is 268 g/mol. The summed E-state index contributed by atoms with van der Waals surface area (Å²) in [6, 6.07) is 7.55. The smallest absolute Gasteiger partial charge is 0.185 e. The zero-order valence-corrected chi connectivity index (χ0v) is 10.7. The van der Waals surface area contributed by atoms with E-state index in [1.165, 1.54) is 5.56 Å². The van der Waals surface area contributed by atoms with Gasteiger partial charge in [-0.25, -0.2) is 0 Å². The van der Waals surface area contributed by atoms with Gasteiger partial charge in [0.15, 0.2) is 12.0 Å². The van der Waals surface area contributed by atoms with Crippen molar-refractivity contribution in [1.29, 1.82) is 0 Å². The van der Waals surface area contributed by atoms with Crippen LogP contribution < -0.4 is 0 Å². The average Bonchev–Trinajstić information content (AvgIpc) is 2.71. The Morgan fingerprint density at radius 2 is 2.00 bits per heavy atom. The fraction of sp³-hybridized carbons (Fsp3) is 0.154. The highest BCUT2D eigenvalue weighted by molar-refractivity contribution is 9.10. The van der Waals surface area contributed by atoms with Crippen molar-refractivity contribution in [2.45, 2.75) is 13.8 Å². The maximum atomic E-state index is 10.6. The maximum absolute atomic E-state index is 10.6. The number of carbonyl (C=O) groups is 1. The van der Waals surface area contributed by atoms with Crippen molar-refractivity contribution in [2.75, 3.05) is 0 Å². The Morgan fingerprint density at radius 1 is 1.25 bits per heavy atom. The van der Waals surface area contributed by atoms with Crippen LogP contribution in [0.4, 0.5) is 0 Å². The van der Waals surface area contributed by atoms with Crippen LogP contribution in [-0.2, 0) is 0 Å². The molecular formula is C13H11BrO2. The van der Waals surface area contributed by atoms with Crippen molar-refractivity contribution in [3.63, 3.8) is 0 Å². The Balaban J connectivity index is 2.58. The molecule has 0 amide bonds. The molecule has 2 aromatic rings. The summed E-state index contributed by atoms with van der Waals surface area (Å²) in [6.07, 6.45) is 0.712. The number of aryl methyl sites for hydroxylation is 1. The minimum Gasteiger partial charge on any atom is -0.453 e. The molecule has 0 N–H and O–H groups in total. The van der Waals surface area contributed by atoms with E-state index in [0.717, 1.165) is 21.4 Å². The van der Waals surface area contributed by atoms with E-state index in [-0.39, 0.29) is 0 Å². The van der Waals surface area contributed by atoms with Gasteiger partial charge in [-0.05, 0) is 49.2 Å². The summed E-state index contributed by atoms with van der Waals surface area (Å²) in [5, 5.41) is 0. The lowest BCUT2D eigenvalue weighted by atomic mass is 10.0. The minimum atomic E-state index is 0.354. The number of carbonyl (C=O) groups excluding carboxylic acids is 1. The minimum absolute atomic E-state index is 0.354. The standard InChI is InChI=1S/C13H11BrO2/c1-8-5-10(14)6-12(9(8)2)13-4-3-11(7-15)16-13/h3-7H,1-2H3. The average molecular weight is 279 g/mol. The maximum Gasteiger partial charge on any atom is 0.185 e. The van der Waals surface area contributed by atoms with E-state index in [4.69, 9.17) is 4.42 Å². The predicted molar refractivity (Wildman–Crippen MR) is 66.7 cm³/mol. The summed E-state index contributed by atoms with van der Waals surface area (Å²) in [4.78, 5) is 10.6. The molecule has 0 aliphatic rings. The van der Waals surface area contributed by atoms with Crippen molar-refractivity contribution in [3.05, 3.63) is 45.6 Å². The third-order valence-corrected chi connectivity index (χ3v) is 3.10. The van der Waals surface area contributed by atoms with Gasteiger partial charge in [-0.15, -0.1) is 0 Å². The molecule has 2 nitrogen and oxygen atoms in total. The molecule has 2 rings (SSSR count). The zero-order valence-electron chi connectivity index (χ0n) is 9.08. The lowest BCUT2D eigenvalue weighted by molar-refractivity contribution is 0.110. The molecule has 0 saturated heterocycles. The van der Waals surface area contributed by atoms with Crippen LogP contribution in [0.25, 0.3) is 11.3 Å². The Kier molecular flexibility index (Phi) is 2.97. The molecule has 1 aromatic carbocycles. The van der Waals surface area contributed by atoms with Crippen LogP contribution in [0.3, 0.4) is 0 Å². The van der Waals surface area contributed by atoms with Crippen LogP contribution in [0.15, 0.2) is 33.2 Å². The highest BCUT2D eigenvalue weighted by Gasteiger charge is 2.09. The Hall–Kier alpha value is -1.35. The highest BCUT2D eigenvalue weighted by atomic mass is 79.9. The number of hydrogen-bond acceptors (Lipinski definition) is 2. The molecule has 0 fully saturated rings. The van der Waals surface area contributed by atoms with Crippen molar-refractivity contribution < 1.29 is 9.21 Å². The number of benzene rings is 1. The zero-order chi connectivity index (χ0) is 11.7. The molecule has 1 heterocycles. The van der Waals surface area contributed by atoms with Gasteiger partial charge in [0.2, 0.25) is 0 Å². The third-order valence-electron chi connectivity index (χ3n) is 2.64. The van der Waals surface area contributed by atoms with Crippen molar-refractivity contribution in [3.8, 4) is 11.3 Å². The van der Waals surface area contributed by atoms with E-state index < -0.39 is 0 Å². The molecule has 0 unspecified atom stereocenters. The predicted octanol–water partition coefficient (Wildman–Crippen LogP) is 4.14. The first-order chi connectivity index (χ1) is 7.61. The van der Waals surface area contributed by atoms with Gasteiger partial charge < -0.3 is 4.42 Å². The summed E-state index contributed by atoms with van der Waals surface area (Å²) in [5.41, 5.74) is 3.36. The number of halogens is 1. The fourth-order valence-electron chi connectivity index (χ4n) is 1.63. The molecule has 3 heteroatoms. The molecule has 0 spiro atoms. The van der Waals surface area contributed by atoms with E-state index in [2.05, 4.69) is 22.0 Å². The second kappa shape index (κ2) is 4.26. The van der Waals surface area contributed by atoms with Gasteiger partial charge >= 0.3 is 0 Å². The van der Waals surface area contributed by atoms with E-state index in [1.807, 2.05) is 26.0 Å². The van der Waals surface area contributed by atoms with Gasteiger partial charge in [0.25, 0.3) is 0 Å². The summed E-state index contributed by atoms with van der Waals surface area (Å²) < 4.78 is 6.43. The molecule has 0 bridgehead atoms. The number of rotatable bonds is 2. The second-order valence-electron chi connectivity index (χ2n) is 3.72. The number of aldehydes is 1. The molecule has 0 radical (unpaired) electrons. The first-order valence-electron chi connectivity index (χ1n) is 4.94. The van der Waals surface area contributed by atoms with Gasteiger partial charge in [0, 0.05) is 10.0 Å². The van der Waals surface area contributed by atoms with Gasteiger partial charge in [0.05, 0.1) is 0 Å². The topological polar surface area (TPSA) is 30.2 Å². The molecule has 0 saturated carbocycles. The second-order valence-corrected chi connectivity index (χ2v) is 4.63. The van der Waals surface area contributed by atoms with Crippen molar-refractivity contribution in [1.82, 2.24) is 0 Å². The molecule has 16 heavy (non-hydrogen) atoms. The molecule has 82 valence electrons. The van der Waals surface area contributed by atoms with Gasteiger partial charge in [-0.3, -0.25) is 4.79 Å². The van der Waals surface area contributed by atoms with Crippen LogP contribution in [0.1, 0.15) is 21.7 Å². The van der Waals surface area contributed by atoms with Crippen molar-refractivity contribution in [2.24, 2.45) is 0 Å². The van der Waals surface area contributed by atoms with Crippen LogP contribution in [0.2, 0.25) is 0 Å². The first-order valence-corrected chi connectivity index (χ1v) is 5.73.